The van der Waals surface area contributed by atoms with E-state index in [9.17, 15) is 24.6 Å². The van der Waals surface area contributed by atoms with E-state index in [-0.39, 0.29) is 29.5 Å². The first-order valence-electron chi connectivity index (χ1n) is 12.7. The summed E-state index contributed by atoms with van der Waals surface area (Å²) in [6.07, 6.45) is -1.39. The van der Waals surface area contributed by atoms with E-state index in [2.05, 4.69) is 5.32 Å². The fourth-order valence-corrected chi connectivity index (χ4v) is 6.04. The zero-order chi connectivity index (χ0) is 27.4. The van der Waals surface area contributed by atoms with Crippen LogP contribution in [0.4, 0.5) is 0 Å². The summed E-state index contributed by atoms with van der Waals surface area (Å²) in [6.45, 7) is 7.28. The van der Waals surface area contributed by atoms with Crippen LogP contribution in [0.1, 0.15) is 35.3 Å². The molecule has 204 valence electrons. The van der Waals surface area contributed by atoms with Crippen LogP contribution in [0.25, 0.3) is 0 Å². The molecule has 2 aromatic carbocycles. The molecule has 10 heteroatoms. The highest BCUT2D eigenvalue weighted by molar-refractivity contribution is 8.00. The van der Waals surface area contributed by atoms with Gasteiger partial charge in [0.2, 0.25) is 5.91 Å². The first kappa shape index (κ1) is 27.9. The molecule has 0 saturated carbocycles. The number of morpholine rings is 1. The van der Waals surface area contributed by atoms with Crippen molar-refractivity contribution in [2.75, 3.05) is 32.2 Å². The third-order valence-corrected chi connectivity index (χ3v) is 8.56. The Bertz CT molecular complexity index is 1170. The molecule has 3 N–H and O–H groups in total. The fraction of sp³-hybridized carbons (Fsp3) is 0.464. The van der Waals surface area contributed by atoms with Crippen molar-refractivity contribution in [2.45, 2.75) is 50.1 Å². The van der Waals surface area contributed by atoms with Crippen LogP contribution >= 0.6 is 11.8 Å². The lowest BCUT2D eigenvalue weighted by atomic mass is 9.96. The zero-order valence-corrected chi connectivity index (χ0v) is 22.7. The maximum atomic E-state index is 13.8. The molecule has 2 aliphatic rings. The number of nitrogens with zero attached hydrogens (tertiary/aromatic N) is 2. The minimum absolute atomic E-state index is 0.0188. The Hall–Kier alpha value is -3.08. The molecule has 38 heavy (non-hydrogen) atoms. The Morgan fingerprint density at radius 2 is 1.79 bits per heavy atom. The highest BCUT2D eigenvalue weighted by atomic mass is 32.2. The van der Waals surface area contributed by atoms with Crippen molar-refractivity contribution in [3.8, 4) is 5.75 Å². The van der Waals surface area contributed by atoms with Gasteiger partial charge in [0.1, 0.15) is 11.8 Å². The molecule has 0 spiro atoms. The number of nitrogens with one attached hydrogen (secondary N) is 1. The van der Waals surface area contributed by atoms with Crippen molar-refractivity contribution < 1.29 is 29.3 Å². The second-order valence-corrected chi connectivity index (χ2v) is 11.8. The van der Waals surface area contributed by atoms with Crippen molar-refractivity contribution >= 4 is 29.5 Å². The Kier molecular flexibility index (Phi) is 8.64. The van der Waals surface area contributed by atoms with Gasteiger partial charge in [-0.1, -0.05) is 36.4 Å². The second kappa shape index (κ2) is 11.8. The number of phenolic OH excluding ortho intramolecular Hbond substituents is 1. The number of aliphatic hydroxyl groups is 1. The minimum Gasteiger partial charge on any atom is -0.508 e. The van der Waals surface area contributed by atoms with Gasteiger partial charge in [0.05, 0.1) is 25.1 Å². The Labute approximate surface area is 227 Å². The van der Waals surface area contributed by atoms with Crippen LogP contribution in [0.2, 0.25) is 0 Å². The van der Waals surface area contributed by atoms with E-state index >= 15 is 0 Å². The quantitative estimate of drug-likeness (QED) is 0.490. The zero-order valence-electron chi connectivity index (χ0n) is 21.9. The van der Waals surface area contributed by atoms with E-state index in [1.165, 1.54) is 22.7 Å². The van der Waals surface area contributed by atoms with Gasteiger partial charge in [0, 0.05) is 29.0 Å². The number of aromatic hydroxyl groups is 1. The van der Waals surface area contributed by atoms with Crippen LogP contribution in [0.5, 0.6) is 5.75 Å². The smallest absolute Gasteiger partial charge is 0.254 e. The van der Waals surface area contributed by atoms with E-state index in [1.807, 2.05) is 44.2 Å². The van der Waals surface area contributed by atoms with E-state index in [0.717, 1.165) is 5.56 Å². The van der Waals surface area contributed by atoms with Gasteiger partial charge in [0.15, 0.2) is 6.10 Å². The van der Waals surface area contributed by atoms with Gasteiger partial charge in [-0.25, -0.2) is 0 Å². The first-order valence-corrected chi connectivity index (χ1v) is 13.7. The first-order chi connectivity index (χ1) is 18.1. The minimum atomic E-state index is -1.59. The maximum absolute atomic E-state index is 13.8. The fourth-order valence-electron chi connectivity index (χ4n) is 4.91. The number of aliphatic hydroxyl groups excluding tert-OH is 1. The summed E-state index contributed by atoms with van der Waals surface area (Å²) in [6, 6.07) is 12.2. The predicted octanol–water partition coefficient (Wildman–Crippen LogP) is 1.94. The van der Waals surface area contributed by atoms with Gasteiger partial charge in [0.25, 0.3) is 11.8 Å². The molecule has 0 aliphatic carbocycles. The van der Waals surface area contributed by atoms with E-state index in [0.29, 0.717) is 31.9 Å². The summed E-state index contributed by atoms with van der Waals surface area (Å²) in [4.78, 5) is 43.7. The van der Waals surface area contributed by atoms with Gasteiger partial charge in [-0.05, 0) is 44.9 Å². The van der Waals surface area contributed by atoms with Gasteiger partial charge in [-0.15, -0.1) is 11.8 Å². The van der Waals surface area contributed by atoms with Crippen molar-refractivity contribution in [3.63, 3.8) is 0 Å². The lowest BCUT2D eigenvalue weighted by Gasteiger charge is -2.37. The third kappa shape index (κ3) is 5.98. The molecule has 0 aromatic heterocycles. The number of carbonyl (C=O) groups excluding carboxylic acids is 3. The van der Waals surface area contributed by atoms with E-state index < -0.39 is 34.7 Å². The second-order valence-electron chi connectivity index (χ2n) is 10.2. The van der Waals surface area contributed by atoms with E-state index in [4.69, 9.17) is 4.74 Å². The number of hydrogen-bond acceptors (Lipinski definition) is 7. The molecule has 1 unspecified atom stereocenters. The summed E-state index contributed by atoms with van der Waals surface area (Å²) in [5.41, 5.74) is 1.48. The summed E-state index contributed by atoms with van der Waals surface area (Å²) in [5, 5.41) is 24.3. The molecule has 2 fully saturated rings. The predicted molar refractivity (Wildman–Crippen MR) is 145 cm³/mol. The highest BCUT2D eigenvalue weighted by Gasteiger charge is 2.51. The number of thioether (sulfide) groups is 1. The molecule has 4 rings (SSSR count). The van der Waals surface area contributed by atoms with Crippen LogP contribution in [0, 0.1) is 6.92 Å². The van der Waals surface area contributed by atoms with Crippen LogP contribution < -0.4 is 5.32 Å². The molecule has 2 aromatic rings. The normalized spacial score (nSPS) is 20.6. The molecule has 9 nitrogen and oxygen atoms in total. The number of phenols is 1. The average molecular weight is 542 g/mol. The monoisotopic (exact) mass is 541 g/mol. The third-order valence-electron chi connectivity index (χ3n) is 7.18. The summed E-state index contributed by atoms with van der Waals surface area (Å²) in [7, 11) is 0. The molecule has 2 aliphatic heterocycles. The van der Waals surface area contributed by atoms with Crippen LogP contribution in [0.15, 0.2) is 48.5 Å². The molecular weight excluding hydrogens is 506 g/mol. The van der Waals surface area contributed by atoms with Crippen LogP contribution in [-0.4, -0.2) is 92.8 Å². The van der Waals surface area contributed by atoms with Gasteiger partial charge < -0.3 is 30.1 Å². The topological polar surface area (TPSA) is 119 Å². The summed E-state index contributed by atoms with van der Waals surface area (Å²) in [5.74, 6) is -1.05. The van der Waals surface area contributed by atoms with Gasteiger partial charge >= 0.3 is 0 Å². The lowest BCUT2D eigenvalue weighted by Crippen LogP contribution is -2.60. The molecule has 3 amide bonds. The van der Waals surface area contributed by atoms with E-state index in [1.54, 1.807) is 24.0 Å². The number of benzene rings is 2. The van der Waals surface area contributed by atoms with Crippen LogP contribution in [-0.2, 0) is 20.7 Å². The largest absolute Gasteiger partial charge is 0.508 e. The Morgan fingerprint density at radius 1 is 1.11 bits per heavy atom. The molecule has 0 radical (unpaired) electrons. The van der Waals surface area contributed by atoms with Crippen molar-refractivity contribution in [1.82, 2.24) is 15.1 Å². The molecular formula is C28H35N3O6S. The Morgan fingerprint density at radius 3 is 2.47 bits per heavy atom. The number of hydrogen-bond donors (Lipinski definition) is 3. The summed E-state index contributed by atoms with van der Waals surface area (Å²) < 4.78 is 4.82. The highest BCUT2D eigenvalue weighted by Crippen LogP contribution is 2.40. The SMILES string of the molecule is Cc1c(O)cccc1C(=O)NC(Cc1ccccc1)[C@H](O)C(=O)N1CSC(C)(C)[C@H]1C(=O)N1CCOCC1. The standard InChI is InChI=1S/C28H35N3O6S/c1-18-20(10-7-11-22(18)32)25(34)29-21(16-19-8-5-4-6-9-19)23(33)26(35)31-17-38-28(2,3)24(31)27(36)30-12-14-37-15-13-30/h4-11,21,23-24,32-33H,12-17H2,1-3H3,(H,29,34)/t21?,23-,24+/m0/s1. The van der Waals surface area contributed by atoms with Gasteiger partial charge in [-0.2, -0.15) is 0 Å². The number of carbonyl (C=O) groups is 3. The molecule has 2 saturated heterocycles. The Balaban J connectivity index is 1.59. The molecule has 3 atom stereocenters. The number of ether oxygens (including phenoxy) is 1. The van der Waals surface area contributed by atoms with Crippen molar-refractivity contribution in [1.29, 1.82) is 0 Å². The van der Waals surface area contributed by atoms with Crippen molar-refractivity contribution in [2.24, 2.45) is 0 Å². The summed E-state index contributed by atoms with van der Waals surface area (Å²) >= 11 is 1.48. The van der Waals surface area contributed by atoms with Crippen molar-refractivity contribution in [3.05, 3.63) is 65.2 Å². The molecule has 0 bridgehead atoms. The maximum Gasteiger partial charge on any atom is 0.254 e. The lowest BCUT2D eigenvalue weighted by molar-refractivity contribution is -0.152. The molecule has 2 heterocycles. The number of rotatable bonds is 7. The van der Waals surface area contributed by atoms with Crippen LogP contribution in [0.3, 0.4) is 0 Å². The average Bonchev–Trinajstić information content (AvgIpc) is 3.24. The van der Waals surface area contributed by atoms with Gasteiger partial charge in [-0.3, -0.25) is 14.4 Å². The number of amides is 3.